The van der Waals surface area contributed by atoms with E-state index in [1.54, 1.807) is 0 Å². The second kappa shape index (κ2) is 4.79. The molecule has 2 heteroatoms. The van der Waals surface area contributed by atoms with Crippen LogP contribution >= 0.6 is 8.20 Å². The molecule has 0 spiro atoms. The fraction of sp³-hybridized carbons (Fsp3) is 0. The zero-order chi connectivity index (χ0) is 4.12. The fourth-order valence-corrected chi connectivity index (χ4v) is 1.39. The summed E-state index contributed by atoms with van der Waals surface area (Å²) in [6.07, 6.45) is 3.58. The van der Waals surface area contributed by atoms with Gasteiger partial charge in [0.2, 0.25) is 0 Å². The van der Waals surface area contributed by atoms with E-state index in [4.69, 9.17) is 0 Å². The molecule has 0 amide bonds. The fourth-order valence-electron chi connectivity index (χ4n) is 0.0527. The molecule has 0 nitrogen and oxygen atoms in total. The van der Waals surface area contributed by atoms with E-state index in [0.29, 0.717) is 0 Å². The quantitative estimate of drug-likeness (QED) is 0.491. The molecule has 5 heavy (non-hydrogen) atoms. The SMILES string of the molecule is C=PC=[CH][BiH]. The summed E-state index contributed by atoms with van der Waals surface area (Å²) in [5.41, 5.74) is 0. The maximum absolute atomic E-state index is 3.58. The van der Waals surface area contributed by atoms with Gasteiger partial charge in [0.05, 0.1) is 0 Å². The second-order valence-corrected chi connectivity index (χ2v) is 2.46. The third-order valence-electron chi connectivity index (χ3n) is 0.180. The standard InChI is InChI=1S/C3H4P.Bi.H/c1-3-4-2;;/h1,3H,2H2;;. The molecular formula is C3H5BiP. The Balaban J connectivity index is 2.92. The maximum atomic E-state index is 3.58. The van der Waals surface area contributed by atoms with Crippen molar-refractivity contribution in [2.45, 2.75) is 0 Å². The molecule has 0 aliphatic rings. The van der Waals surface area contributed by atoms with Crippen molar-refractivity contribution in [1.82, 2.24) is 0 Å². The van der Waals surface area contributed by atoms with E-state index in [1.807, 2.05) is 5.82 Å². The summed E-state index contributed by atoms with van der Waals surface area (Å²) >= 11 is 1.17. The molecule has 0 fully saturated rings. The van der Waals surface area contributed by atoms with Crippen LogP contribution in [0.2, 0.25) is 0 Å². The molecule has 0 aromatic rings. The third-order valence-corrected chi connectivity index (χ3v) is 2.28. The predicted octanol–water partition coefficient (Wildman–Crippen LogP) is 0.737. The Morgan fingerprint density at radius 3 is 2.40 bits per heavy atom. The molecule has 0 heterocycles. The first-order valence-electron chi connectivity index (χ1n) is 1.20. The van der Waals surface area contributed by atoms with Crippen molar-refractivity contribution < 1.29 is 0 Å². The minimum atomic E-state index is 1.13. The van der Waals surface area contributed by atoms with E-state index in [1.165, 1.54) is 24.7 Å². The summed E-state index contributed by atoms with van der Waals surface area (Å²) in [6, 6.07) is 0. The average molecular weight is 281 g/mol. The van der Waals surface area contributed by atoms with Crippen molar-refractivity contribution >= 4 is 39.2 Å². The third kappa shape index (κ3) is 4.79. The van der Waals surface area contributed by atoms with Gasteiger partial charge in [0, 0.05) is 0 Å². The Morgan fingerprint density at radius 2 is 2.40 bits per heavy atom. The first kappa shape index (κ1) is 5.79. The van der Waals surface area contributed by atoms with E-state index in [2.05, 4.69) is 10.1 Å². The van der Waals surface area contributed by atoms with Crippen LogP contribution in [0, 0.1) is 0 Å². The molecule has 0 saturated carbocycles. The van der Waals surface area contributed by atoms with Crippen molar-refractivity contribution in [3.8, 4) is 0 Å². The van der Waals surface area contributed by atoms with Gasteiger partial charge in [0.1, 0.15) is 0 Å². The van der Waals surface area contributed by atoms with Crippen LogP contribution in [-0.4, -0.2) is 31.0 Å². The van der Waals surface area contributed by atoms with Gasteiger partial charge in [0.15, 0.2) is 0 Å². The monoisotopic (exact) mass is 281 g/mol. The summed E-state index contributed by atoms with van der Waals surface area (Å²) in [5.74, 6) is 2.05. The average Bonchev–Trinajstić information content (AvgIpc) is 1.41. The van der Waals surface area contributed by atoms with Crippen molar-refractivity contribution in [1.29, 1.82) is 0 Å². The van der Waals surface area contributed by atoms with Gasteiger partial charge in [-0.25, -0.2) is 0 Å². The Bertz CT molecular complexity index is 48.9. The Morgan fingerprint density at radius 1 is 1.80 bits per heavy atom. The van der Waals surface area contributed by atoms with Crippen LogP contribution in [0.15, 0.2) is 9.60 Å². The molecule has 0 aliphatic carbocycles. The summed E-state index contributed by atoms with van der Waals surface area (Å²) in [6.45, 7) is 0. The Labute approximate surface area is 48.9 Å². The Hall–Kier alpha value is 0.793. The van der Waals surface area contributed by atoms with Crippen molar-refractivity contribution in [2.24, 2.45) is 0 Å². The molecule has 27 valence electrons. The molecular weight excluding hydrogens is 276 g/mol. The van der Waals surface area contributed by atoms with Gasteiger partial charge < -0.3 is 0 Å². The van der Waals surface area contributed by atoms with Gasteiger partial charge >= 0.3 is 48.8 Å². The van der Waals surface area contributed by atoms with Gasteiger partial charge in [-0.2, -0.15) is 0 Å². The van der Waals surface area contributed by atoms with Gasteiger partial charge in [-0.3, -0.25) is 0 Å². The first-order valence-corrected chi connectivity index (χ1v) is 4.59. The molecule has 0 saturated heterocycles. The normalized spacial score (nSPS) is 10.6. The molecule has 0 unspecified atom stereocenters. The molecule has 0 atom stereocenters. The number of rotatable bonds is 1. The van der Waals surface area contributed by atoms with E-state index in [-0.39, 0.29) is 0 Å². The van der Waals surface area contributed by atoms with E-state index >= 15 is 0 Å². The zero-order valence-electron chi connectivity index (χ0n) is 2.81. The van der Waals surface area contributed by atoms with Crippen molar-refractivity contribution in [2.75, 3.05) is 0 Å². The summed E-state index contributed by atoms with van der Waals surface area (Å²) in [7, 11) is 1.13. The van der Waals surface area contributed by atoms with Crippen LogP contribution in [0.3, 0.4) is 0 Å². The van der Waals surface area contributed by atoms with Gasteiger partial charge in [-0.05, 0) is 0 Å². The molecule has 0 aliphatic heterocycles. The van der Waals surface area contributed by atoms with Crippen molar-refractivity contribution in [3.05, 3.63) is 9.60 Å². The summed E-state index contributed by atoms with van der Waals surface area (Å²) in [4.78, 5) is 0. The van der Waals surface area contributed by atoms with Crippen LogP contribution in [-0.2, 0) is 0 Å². The van der Waals surface area contributed by atoms with Crippen molar-refractivity contribution in [3.63, 3.8) is 0 Å². The minimum absolute atomic E-state index is 1.13. The van der Waals surface area contributed by atoms with E-state index < -0.39 is 0 Å². The number of hydrogen-bond donors (Lipinski definition) is 0. The van der Waals surface area contributed by atoms with Crippen LogP contribution in [0.25, 0.3) is 0 Å². The van der Waals surface area contributed by atoms with Gasteiger partial charge in [-0.1, -0.05) is 0 Å². The molecule has 0 aromatic carbocycles. The van der Waals surface area contributed by atoms with Crippen LogP contribution < -0.4 is 0 Å². The Kier molecular flexibility index (Phi) is 5.55. The first-order chi connectivity index (χ1) is 2.41. The summed E-state index contributed by atoms with van der Waals surface area (Å²) < 4.78 is 2.12. The van der Waals surface area contributed by atoms with Gasteiger partial charge in [0.25, 0.3) is 0 Å². The van der Waals surface area contributed by atoms with Crippen LogP contribution in [0.5, 0.6) is 0 Å². The molecule has 0 N–H and O–H groups in total. The topological polar surface area (TPSA) is 0 Å². The van der Waals surface area contributed by atoms with E-state index in [0.717, 1.165) is 8.20 Å². The molecule has 0 aromatic heterocycles. The van der Waals surface area contributed by atoms with E-state index in [9.17, 15) is 0 Å². The molecule has 1 radical (unpaired) electrons. The predicted molar refractivity (Wildman–Crippen MR) is 30.3 cm³/mol. The van der Waals surface area contributed by atoms with Gasteiger partial charge in [-0.15, -0.1) is 0 Å². The van der Waals surface area contributed by atoms with Crippen LogP contribution in [0.1, 0.15) is 0 Å². The molecule has 0 bridgehead atoms. The number of hydrogen-bond acceptors (Lipinski definition) is 0. The zero-order valence-corrected chi connectivity index (χ0v) is 7.59. The molecule has 0 rings (SSSR count). The second-order valence-electron chi connectivity index (χ2n) is 0.498. The van der Waals surface area contributed by atoms with Crippen LogP contribution in [0.4, 0.5) is 0 Å². The summed E-state index contributed by atoms with van der Waals surface area (Å²) in [5, 5.41) is 0.